The van der Waals surface area contributed by atoms with Gasteiger partial charge in [-0.05, 0) is 257 Å². The Morgan fingerprint density at radius 2 is 0.847 bits per heavy atom. The van der Waals surface area contributed by atoms with E-state index in [1.807, 2.05) is 19.1 Å². The number of esters is 7. The summed E-state index contributed by atoms with van der Waals surface area (Å²) in [7, 11) is 1.75. The standard InChI is InChI=1S/C61H75NO11S.C35H54O8.CH4/c1-5-47(63)37-42-17-27-49(28-18-42)70-59(65)45-23-21-43(22-24-45)58(64)69-34-14-12-10-8-6-7-9-11-13-33-68-48-29-25-46(26-30-48)61(67)73-52-32-31-51(72-60(66)44-19-15-39(2)16-20-44)55-56(52)74-57(62-55)54-38-50-41(4)35-40(3)36-53(50)71-54;1-3-33(36)41-27-15-12-11-14-26-40-31-21-23-32(24-22-31)43-35(38)30-19-17-29(18-20-30)34(37)42-28-16-10-8-6-4-5-7-9-13-25-39-2;/h5,17-18,27-28,31-32,35-36,38-39,43-46,48H,1,6-16,19-26,29-30,33-34,37H2,2-4H3;3,21-24,29-30H,1,4-20,25-28H2,2H3;1H4. The number of aryl methyl sites for hydroxylation is 2. The predicted molar refractivity (Wildman–Crippen MR) is 461 cm³/mol. The molecule has 4 aliphatic carbocycles. The van der Waals surface area contributed by atoms with Crippen LogP contribution in [0.15, 0.2) is 109 Å². The Morgan fingerprint density at radius 1 is 0.441 bits per heavy atom. The first-order valence-corrected chi connectivity index (χ1v) is 44.8. The third kappa shape index (κ3) is 32.5. The highest BCUT2D eigenvalue weighted by Crippen LogP contribution is 2.44. The molecule has 646 valence electrons. The monoisotopic (exact) mass is 1650 g/mol. The molecule has 0 N–H and O–H groups in total. The largest absolute Gasteiger partial charge is 0.494 e. The van der Waals surface area contributed by atoms with Gasteiger partial charge in [0.2, 0.25) is 0 Å². The highest BCUT2D eigenvalue weighted by molar-refractivity contribution is 7.22. The van der Waals surface area contributed by atoms with Crippen LogP contribution >= 0.6 is 11.3 Å². The van der Waals surface area contributed by atoms with E-state index in [0.29, 0.717) is 141 Å². The molecule has 2 aromatic heterocycles. The number of unbranched alkanes of at least 4 members (excludes halogenated alkanes) is 19. The summed E-state index contributed by atoms with van der Waals surface area (Å²) in [5, 5.41) is 1.64. The van der Waals surface area contributed by atoms with E-state index < -0.39 is 0 Å². The van der Waals surface area contributed by atoms with Crippen LogP contribution in [0.25, 0.3) is 32.0 Å². The average Bonchev–Trinajstić information content (AvgIpc) is 1.61. The first-order valence-electron chi connectivity index (χ1n) is 43.9. The molecule has 4 aliphatic rings. The van der Waals surface area contributed by atoms with Gasteiger partial charge in [0, 0.05) is 38.2 Å². The van der Waals surface area contributed by atoms with Gasteiger partial charge in [0.05, 0.1) is 68.0 Å². The minimum Gasteiger partial charge on any atom is -0.494 e. The Hall–Kier alpha value is -8.53. The van der Waals surface area contributed by atoms with Crippen LogP contribution in [0, 0.1) is 55.3 Å². The van der Waals surface area contributed by atoms with Crippen molar-refractivity contribution < 1.29 is 90.1 Å². The smallest absolute Gasteiger partial charge is 0.330 e. The number of ether oxygens (including phenoxy) is 10. The molecule has 4 aromatic carbocycles. The summed E-state index contributed by atoms with van der Waals surface area (Å²) in [6, 6.07) is 23.6. The Kier molecular flexibility index (Phi) is 42.2. The number of thiazole rings is 1. The van der Waals surface area contributed by atoms with E-state index in [0.717, 1.165) is 162 Å². The van der Waals surface area contributed by atoms with Crippen molar-refractivity contribution in [3.05, 3.63) is 121 Å². The molecule has 118 heavy (non-hydrogen) atoms. The van der Waals surface area contributed by atoms with E-state index in [-0.39, 0.29) is 103 Å². The van der Waals surface area contributed by atoms with Crippen LogP contribution in [0.5, 0.6) is 28.7 Å². The number of methoxy groups -OCH3 is 1. The van der Waals surface area contributed by atoms with E-state index in [2.05, 4.69) is 33.1 Å². The van der Waals surface area contributed by atoms with E-state index in [1.165, 1.54) is 87.7 Å². The number of hydrogen-bond acceptors (Lipinski definition) is 21. The molecule has 0 atom stereocenters. The van der Waals surface area contributed by atoms with Crippen LogP contribution in [-0.4, -0.2) is 105 Å². The second-order valence-corrected chi connectivity index (χ2v) is 33.7. The first-order chi connectivity index (χ1) is 56.9. The number of hydrogen-bond donors (Lipinski definition) is 0. The number of nitrogens with zero attached hydrogens (tertiary/aromatic N) is 1. The zero-order valence-electron chi connectivity index (χ0n) is 70.1. The normalized spacial score (nSPS) is 19.1. The zero-order chi connectivity index (χ0) is 82.9. The molecule has 0 amide bonds. The van der Waals surface area contributed by atoms with E-state index >= 15 is 0 Å². The molecule has 20 nitrogen and oxygen atoms in total. The van der Waals surface area contributed by atoms with Crippen LogP contribution in [0.1, 0.15) is 275 Å². The van der Waals surface area contributed by atoms with Crippen molar-refractivity contribution in [2.45, 2.75) is 285 Å². The first kappa shape index (κ1) is 94.9. The topological polar surface area (TPSA) is 255 Å². The van der Waals surface area contributed by atoms with Crippen LogP contribution in [0.4, 0.5) is 0 Å². The summed E-state index contributed by atoms with van der Waals surface area (Å²) < 4.78 is 63.6. The highest BCUT2D eigenvalue weighted by atomic mass is 32.1. The summed E-state index contributed by atoms with van der Waals surface area (Å²) in [6.45, 7) is 16.7. The molecule has 0 aliphatic heterocycles. The lowest BCUT2D eigenvalue weighted by Crippen LogP contribution is -2.29. The molecular weight excluding hydrogens is 1520 g/mol. The SMILES string of the molecule is C.C=CC(=O)Cc1ccc(OC(=O)C2CCC(C(=O)OCCCCCCCCCCCOC3CCC(C(=O)Oc4ccc(OC(=O)C5CCC(C)CC5)c5nc(-c6cc7c(C)cc(C)cc7o6)sc45)CC3)CC2)cc1.C=CC(=O)OCCCCCCOc1ccc(OC(=O)C2CCC(C(=O)OCCCCCCCCCCCOC)CC2)cc1. The number of benzene rings is 4. The molecule has 2 heterocycles. The molecule has 0 bridgehead atoms. The fraction of sp³-hybridized carbons (Fsp3) is 0.598. The van der Waals surface area contributed by atoms with Gasteiger partial charge in [-0.25, -0.2) is 9.78 Å². The average molecular weight is 1650 g/mol. The van der Waals surface area contributed by atoms with Gasteiger partial charge in [-0.2, -0.15) is 0 Å². The second kappa shape index (κ2) is 52.5. The number of furan rings is 1. The van der Waals surface area contributed by atoms with Gasteiger partial charge < -0.3 is 51.8 Å². The zero-order valence-corrected chi connectivity index (χ0v) is 70.9. The minimum absolute atomic E-state index is 0. The lowest BCUT2D eigenvalue weighted by Gasteiger charge is -2.27. The van der Waals surface area contributed by atoms with Crippen LogP contribution in [0.2, 0.25) is 0 Å². The van der Waals surface area contributed by atoms with Gasteiger partial charge >= 0.3 is 41.8 Å². The third-order valence-electron chi connectivity index (χ3n) is 23.4. The minimum atomic E-state index is -0.384. The Morgan fingerprint density at radius 3 is 1.34 bits per heavy atom. The molecule has 4 saturated carbocycles. The van der Waals surface area contributed by atoms with Gasteiger partial charge in [-0.15, -0.1) is 11.3 Å². The van der Waals surface area contributed by atoms with E-state index in [9.17, 15) is 38.4 Å². The summed E-state index contributed by atoms with van der Waals surface area (Å²) in [4.78, 5) is 105. The molecule has 6 aromatic rings. The van der Waals surface area contributed by atoms with Crippen molar-refractivity contribution in [3.8, 4) is 39.5 Å². The number of rotatable bonds is 48. The highest BCUT2D eigenvalue weighted by Gasteiger charge is 2.35. The maximum absolute atomic E-state index is 13.7. The third-order valence-corrected chi connectivity index (χ3v) is 24.5. The van der Waals surface area contributed by atoms with Crippen molar-refractivity contribution in [2.24, 2.45) is 41.4 Å². The Bertz CT molecular complexity index is 4070. The number of carbonyl (C=O) groups excluding carboxylic acids is 8. The number of ketones is 1. The van der Waals surface area contributed by atoms with Gasteiger partial charge in [-0.1, -0.05) is 136 Å². The molecule has 21 heteroatoms. The maximum Gasteiger partial charge on any atom is 0.330 e. The van der Waals surface area contributed by atoms with Gasteiger partial charge in [0.15, 0.2) is 28.1 Å². The number of fused-ring (bicyclic) bond motifs is 2. The van der Waals surface area contributed by atoms with Crippen LogP contribution in [0.3, 0.4) is 0 Å². The number of aromatic nitrogens is 1. The van der Waals surface area contributed by atoms with Gasteiger partial charge in [-0.3, -0.25) is 33.6 Å². The Balaban J connectivity index is 0.000000337. The second-order valence-electron chi connectivity index (χ2n) is 32.7. The van der Waals surface area contributed by atoms with Crippen molar-refractivity contribution in [3.63, 3.8) is 0 Å². The van der Waals surface area contributed by atoms with Crippen LogP contribution in [-0.2, 0) is 68.5 Å². The summed E-state index contributed by atoms with van der Waals surface area (Å²) in [6.07, 6.45) is 39.0. The lowest BCUT2D eigenvalue weighted by molar-refractivity contribution is -0.152. The summed E-state index contributed by atoms with van der Waals surface area (Å²) >= 11 is 1.38. The molecular formula is C97H133NO19S. The lowest BCUT2D eigenvalue weighted by atomic mass is 9.82. The van der Waals surface area contributed by atoms with E-state index in [4.69, 9.17) is 56.8 Å². The van der Waals surface area contributed by atoms with E-state index in [1.54, 1.807) is 67.8 Å². The van der Waals surface area contributed by atoms with Crippen molar-refractivity contribution >= 4 is 80.1 Å². The fourth-order valence-electron chi connectivity index (χ4n) is 16.1. The van der Waals surface area contributed by atoms with Crippen molar-refractivity contribution in [1.82, 2.24) is 4.98 Å². The number of allylic oxidation sites excluding steroid dienone is 1. The van der Waals surface area contributed by atoms with Crippen LogP contribution < -0.4 is 23.7 Å². The summed E-state index contributed by atoms with van der Waals surface area (Å²) in [5.74, 6) is 0.880. The molecule has 10 rings (SSSR count). The molecule has 0 unspecified atom stereocenters. The molecule has 4 fully saturated rings. The Labute approximate surface area is 704 Å². The van der Waals surface area contributed by atoms with Crippen molar-refractivity contribution in [1.29, 1.82) is 0 Å². The molecule has 0 saturated heterocycles. The predicted octanol–water partition coefficient (Wildman–Crippen LogP) is 22.7. The molecule has 0 spiro atoms. The quantitative estimate of drug-likeness (QED) is 0.0113. The number of carbonyl (C=O) groups is 8. The van der Waals surface area contributed by atoms with Crippen molar-refractivity contribution in [2.75, 3.05) is 46.8 Å². The van der Waals surface area contributed by atoms with Gasteiger partial charge in [0.25, 0.3) is 0 Å². The fourth-order valence-corrected chi connectivity index (χ4v) is 17.1. The van der Waals surface area contributed by atoms with Gasteiger partial charge in [0.1, 0.15) is 33.0 Å². The summed E-state index contributed by atoms with van der Waals surface area (Å²) in [5.41, 5.74) is 4.34. The maximum atomic E-state index is 13.7. The molecule has 0 radical (unpaired) electrons.